The van der Waals surface area contributed by atoms with Gasteiger partial charge in [0.15, 0.2) is 0 Å². The summed E-state index contributed by atoms with van der Waals surface area (Å²) in [4.78, 5) is 10.2. The highest BCUT2D eigenvalue weighted by Crippen LogP contribution is 2.15. The van der Waals surface area contributed by atoms with Gasteiger partial charge >= 0.3 is 5.97 Å². The molecule has 64 valence electrons. The van der Waals surface area contributed by atoms with Crippen LogP contribution in [0.3, 0.4) is 0 Å². The Balaban J connectivity index is 2.28. The van der Waals surface area contributed by atoms with E-state index in [1.165, 1.54) is 0 Å². The summed E-state index contributed by atoms with van der Waals surface area (Å²) in [5.41, 5.74) is 5.57. The first-order valence-electron chi connectivity index (χ1n) is 3.79. The maximum absolute atomic E-state index is 10.2. The molecule has 0 radical (unpaired) electrons. The quantitative estimate of drug-likeness (QED) is 0.606. The summed E-state index contributed by atoms with van der Waals surface area (Å²) in [6.45, 7) is 0.720. The van der Waals surface area contributed by atoms with E-state index in [1.807, 2.05) is 0 Å². The summed E-state index contributed by atoms with van der Waals surface area (Å²) in [6, 6.07) is -0.338. The molecule has 0 aromatic heterocycles. The van der Waals surface area contributed by atoms with Crippen LogP contribution in [0.1, 0.15) is 19.3 Å². The largest absolute Gasteiger partial charge is 0.481 e. The Morgan fingerprint density at radius 2 is 2.55 bits per heavy atom. The highest BCUT2D eigenvalue weighted by Gasteiger charge is 2.24. The lowest BCUT2D eigenvalue weighted by atomic mass is 10.1. The second kappa shape index (κ2) is 3.69. The number of carboxylic acids is 1. The first-order valence-corrected chi connectivity index (χ1v) is 3.79. The number of ether oxygens (including phenoxy) is 1. The molecular formula is C7H13NO3. The summed E-state index contributed by atoms with van der Waals surface area (Å²) in [5.74, 6) is -0.854. The molecule has 1 fully saturated rings. The number of carboxylic acid groups (broad SMARTS) is 1. The van der Waals surface area contributed by atoms with Gasteiger partial charge in [0.2, 0.25) is 0 Å². The van der Waals surface area contributed by atoms with Crippen molar-refractivity contribution in [3.8, 4) is 0 Å². The van der Waals surface area contributed by atoms with Crippen LogP contribution in [-0.2, 0) is 9.53 Å². The lowest BCUT2D eigenvalue weighted by molar-refractivity contribution is -0.138. The van der Waals surface area contributed by atoms with E-state index < -0.39 is 5.97 Å². The standard InChI is InChI=1S/C7H13NO3/c8-5(4-7(9)10)6-2-1-3-11-6/h5-6H,1-4,8H2,(H,9,10)/t5-,6?/m0/s1. The Morgan fingerprint density at radius 1 is 1.82 bits per heavy atom. The summed E-state index contributed by atoms with van der Waals surface area (Å²) in [5, 5.41) is 8.41. The Labute approximate surface area is 65.3 Å². The highest BCUT2D eigenvalue weighted by molar-refractivity contribution is 5.67. The zero-order valence-corrected chi connectivity index (χ0v) is 6.32. The van der Waals surface area contributed by atoms with E-state index in [9.17, 15) is 4.79 Å². The molecule has 1 heterocycles. The smallest absolute Gasteiger partial charge is 0.305 e. The van der Waals surface area contributed by atoms with Crippen LogP contribution < -0.4 is 5.73 Å². The summed E-state index contributed by atoms with van der Waals surface area (Å²) in [7, 11) is 0. The van der Waals surface area contributed by atoms with Crippen molar-refractivity contribution >= 4 is 5.97 Å². The molecule has 0 aliphatic carbocycles. The van der Waals surface area contributed by atoms with E-state index in [2.05, 4.69) is 0 Å². The fourth-order valence-electron chi connectivity index (χ4n) is 1.27. The van der Waals surface area contributed by atoms with Crippen molar-refractivity contribution in [1.82, 2.24) is 0 Å². The molecule has 1 unspecified atom stereocenters. The van der Waals surface area contributed by atoms with Crippen LogP contribution >= 0.6 is 0 Å². The predicted octanol–water partition coefficient (Wildman–Crippen LogP) is -0.0326. The zero-order chi connectivity index (χ0) is 8.27. The Hall–Kier alpha value is -0.610. The van der Waals surface area contributed by atoms with Crippen molar-refractivity contribution in [2.75, 3.05) is 6.61 Å². The topological polar surface area (TPSA) is 72.6 Å². The molecule has 0 saturated carbocycles. The van der Waals surface area contributed by atoms with E-state index >= 15 is 0 Å². The molecule has 0 aromatic carbocycles. The van der Waals surface area contributed by atoms with Gasteiger partial charge in [-0.3, -0.25) is 4.79 Å². The van der Waals surface area contributed by atoms with Gasteiger partial charge in [-0.05, 0) is 12.8 Å². The minimum atomic E-state index is -0.854. The number of carbonyl (C=O) groups is 1. The third kappa shape index (κ3) is 2.48. The Kier molecular flexibility index (Phi) is 2.84. The molecule has 2 atom stereocenters. The van der Waals surface area contributed by atoms with Crippen LogP contribution in [0.2, 0.25) is 0 Å². The molecule has 1 aliphatic heterocycles. The van der Waals surface area contributed by atoms with Crippen molar-refractivity contribution in [3.05, 3.63) is 0 Å². The molecule has 0 amide bonds. The molecule has 0 spiro atoms. The van der Waals surface area contributed by atoms with Gasteiger partial charge in [0.1, 0.15) is 0 Å². The van der Waals surface area contributed by atoms with Crippen LogP contribution in [0, 0.1) is 0 Å². The monoisotopic (exact) mass is 159 g/mol. The number of rotatable bonds is 3. The first kappa shape index (κ1) is 8.49. The number of hydrogen-bond acceptors (Lipinski definition) is 3. The van der Waals surface area contributed by atoms with Crippen LogP contribution in [0.25, 0.3) is 0 Å². The minimum Gasteiger partial charge on any atom is -0.481 e. The molecule has 0 bridgehead atoms. The first-order chi connectivity index (χ1) is 5.20. The van der Waals surface area contributed by atoms with Gasteiger partial charge in [0.25, 0.3) is 0 Å². The van der Waals surface area contributed by atoms with Gasteiger partial charge in [-0.25, -0.2) is 0 Å². The second-order valence-corrected chi connectivity index (χ2v) is 2.81. The average molecular weight is 159 g/mol. The van der Waals surface area contributed by atoms with Gasteiger partial charge in [0.05, 0.1) is 12.5 Å². The van der Waals surface area contributed by atoms with Crippen LogP contribution in [0.15, 0.2) is 0 Å². The summed E-state index contributed by atoms with van der Waals surface area (Å²) < 4.78 is 5.23. The van der Waals surface area contributed by atoms with Crippen molar-refractivity contribution in [2.45, 2.75) is 31.4 Å². The molecular weight excluding hydrogens is 146 g/mol. The van der Waals surface area contributed by atoms with E-state index in [0.29, 0.717) is 0 Å². The SMILES string of the molecule is N[C@@H](CC(=O)O)C1CCCO1. The summed E-state index contributed by atoms with van der Waals surface area (Å²) >= 11 is 0. The van der Waals surface area contributed by atoms with Gasteiger partial charge in [-0.1, -0.05) is 0 Å². The fraction of sp³-hybridized carbons (Fsp3) is 0.857. The third-order valence-electron chi connectivity index (χ3n) is 1.85. The van der Waals surface area contributed by atoms with Gasteiger partial charge < -0.3 is 15.6 Å². The molecule has 0 aromatic rings. The third-order valence-corrected chi connectivity index (χ3v) is 1.85. The number of aliphatic carboxylic acids is 1. The molecule has 3 N–H and O–H groups in total. The van der Waals surface area contributed by atoms with E-state index in [-0.39, 0.29) is 18.6 Å². The van der Waals surface area contributed by atoms with E-state index in [4.69, 9.17) is 15.6 Å². The zero-order valence-electron chi connectivity index (χ0n) is 6.32. The highest BCUT2D eigenvalue weighted by atomic mass is 16.5. The van der Waals surface area contributed by atoms with Crippen molar-refractivity contribution in [2.24, 2.45) is 5.73 Å². The second-order valence-electron chi connectivity index (χ2n) is 2.81. The maximum atomic E-state index is 10.2. The van der Waals surface area contributed by atoms with Crippen LogP contribution in [0.4, 0.5) is 0 Å². The van der Waals surface area contributed by atoms with Crippen LogP contribution in [0.5, 0.6) is 0 Å². The molecule has 1 rings (SSSR count). The van der Waals surface area contributed by atoms with E-state index in [0.717, 1.165) is 19.4 Å². The molecule has 11 heavy (non-hydrogen) atoms. The number of hydrogen-bond donors (Lipinski definition) is 2. The minimum absolute atomic E-state index is 0.00463. The van der Waals surface area contributed by atoms with Gasteiger partial charge in [0, 0.05) is 12.6 Å². The Bertz CT molecular complexity index is 143. The summed E-state index contributed by atoms with van der Waals surface area (Å²) in [6.07, 6.45) is 1.86. The van der Waals surface area contributed by atoms with Crippen molar-refractivity contribution in [3.63, 3.8) is 0 Å². The fourth-order valence-corrected chi connectivity index (χ4v) is 1.27. The van der Waals surface area contributed by atoms with Crippen molar-refractivity contribution < 1.29 is 14.6 Å². The van der Waals surface area contributed by atoms with Crippen molar-refractivity contribution in [1.29, 1.82) is 0 Å². The molecule has 1 saturated heterocycles. The molecule has 1 aliphatic rings. The maximum Gasteiger partial charge on any atom is 0.305 e. The average Bonchev–Trinajstić information content (AvgIpc) is 2.35. The van der Waals surface area contributed by atoms with Gasteiger partial charge in [-0.15, -0.1) is 0 Å². The normalized spacial score (nSPS) is 26.8. The van der Waals surface area contributed by atoms with Gasteiger partial charge in [-0.2, -0.15) is 0 Å². The Morgan fingerprint density at radius 3 is 3.00 bits per heavy atom. The predicted molar refractivity (Wildman–Crippen MR) is 39.2 cm³/mol. The molecule has 4 nitrogen and oxygen atoms in total. The lowest BCUT2D eigenvalue weighted by Crippen LogP contribution is -2.36. The lowest BCUT2D eigenvalue weighted by Gasteiger charge is -2.15. The van der Waals surface area contributed by atoms with Crippen LogP contribution in [-0.4, -0.2) is 29.8 Å². The van der Waals surface area contributed by atoms with E-state index in [1.54, 1.807) is 0 Å². The molecule has 4 heteroatoms. The number of nitrogens with two attached hydrogens (primary N) is 1.